The van der Waals surface area contributed by atoms with Crippen LogP contribution in [0.15, 0.2) is 24.5 Å². The van der Waals surface area contributed by atoms with Crippen molar-refractivity contribution in [2.75, 3.05) is 6.54 Å². The van der Waals surface area contributed by atoms with Crippen LogP contribution in [0.5, 0.6) is 0 Å². The third-order valence-electron chi connectivity index (χ3n) is 6.88. The van der Waals surface area contributed by atoms with Crippen molar-refractivity contribution in [1.82, 2.24) is 26.3 Å². The fourth-order valence-corrected chi connectivity index (χ4v) is 5.44. The lowest BCUT2D eigenvalue weighted by Gasteiger charge is -2.44. The summed E-state index contributed by atoms with van der Waals surface area (Å²) in [6, 6.07) is 4.42. The van der Waals surface area contributed by atoms with Gasteiger partial charge in [0.15, 0.2) is 5.11 Å². The number of nitrogens with zero attached hydrogens (tertiary/aromatic N) is 1. The van der Waals surface area contributed by atoms with Gasteiger partial charge in [0.2, 0.25) is 5.91 Å². The van der Waals surface area contributed by atoms with Crippen LogP contribution >= 0.6 is 12.2 Å². The van der Waals surface area contributed by atoms with Gasteiger partial charge in [0.05, 0.1) is 6.17 Å². The van der Waals surface area contributed by atoms with Crippen molar-refractivity contribution in [3.63, 3.8) is 0 Å². The first-order valence-corrected chi connectivity index (χ1v) is 11.6. The van der Waals surface area contributed by atoms with Crippen molar-refractivity contribution in [3.05, 3.63) is 30.1 Å². The number of carbonyl (C=O) groups excluding carboxylic acids is 1. The maximum Gasteiger partial charge on any atom is 0.223 e. The van der Waals surface area contributed by atoms with Crippen LogP contribution in [0.4, 0.5) is 0 Å². The molecule has 1 aromatic rings. The van der Waals surface area contributed by atoms with Crippen LogP contribution in [0.3, 0.4) is 0 Å². The maximum absolute atomic E-state index is 12.5. The molecule has 4 rings (SSSR count). The molecule has 1 saturated heterocycles. The minimum Gasteiger partial charge on any atom is -0.360 e. The second kappa shape index (κ2) is 9.85. The average molecular weight is 416 g/mol. The third-order valence-corrected chi connectivity index (χ3v) is 7.12. The van der Waals surface area contributed by atoms with Crippen molar-refractivity contribution in [1.29, 1.82) is 0 Å². The minimum absolute atomic E-state index is 0.148. The van der Waals surface area contributed by atoms with Crippen LogP contribution in [-0.2, 0) is 11.3 Å². The van der Waals surface area contributed by atoms with Crippen LogP contribution in [-0.4, -0.2) is 34.8 Å². The first-order valence-electron chi connectivity index (χ1n) is 11.2. The fraction of sp³-hybridized carbons (Fsp3) is 0.682. The molecule has 0 aromatic carbocycles. The molecule has 2 aliphatic carbocycles. The number of pyridine rings is 1. The van der Waals surface area contributed by atoms with Crippen LogP contribution in [0.25, 0.3) is 0 Å². The summed E-state index contributed by atoms with van der Waals surface area (Å²) < 4.78 is 0. The molecule has 1 amide bonds. The number of rotatable bonds is 6. The van der Waals surface area contributed by atoms with Gasteiger partial charge in [0, 0.05) is 36.8 Å². The molecule has 0 bridgehead atoms. The Bertz CT molecular complexity index is 692. The van der Waals surface area contributed by atoms with Gasteiger partial charge in [-0.3, -0.25) is 15.1 Å². The Hall–Kier alpha value is -1.73. The number of amides is 1. The van der Waals surface area contributed by atoms with Crippen LogP contribution < -0.4 is 21.3 Å². The molecule has 2 heterocycles. The Kier molecular flexibility index (Phi) is 6.98. The van der Waals surface area contributed by atoms with Gasteiger partial charge in [-0.25, -0.2) is 0 Å². The topological polar surface area (TPSA) is 78.1 Å². The van der Waals surface area contributed by atoms with E-state index in [1.54, 1.807) is 12.4 Å². The Morgan fingerprint density at radius 1 is 1.14 bits per heavy atom. The van der Waals surface area contributed by atoms with E-state index in [2.05, 4.69) is 26.3 Å². The summed E-state index contributed by atoms with van der Waals surface area (Å²) in [5.74, 6) is 1.60. The van der Waals surface area contributed by atoms with Crippen LogP contribution in [0.1, 0.15) is 56.9 Å². The summed E-state index contributed by atoms with van der Waals surface area (Å²) in [6.45, 7) is 1.57. The number of aromatic nitrogens is 1. The van der Waals surface area contributed by atoms with Crippen molar-refractivity contribution >= 4 is 23.2 Å². The maximum atomic E-state index is 12.5. The lowest BCUT2D eigenvalue weighted by atomic mass is 9.80. The van der Waals surface area contributed by atoms with Crippen molar-refractivity contribution in [3.8, 4) is 0 Å². The highest BCUT2D eigenvalue weighted by Gasteiger charge is 2.36. The van der Waals surface area contributed by atoms with Crippen molar-refractivity contribution < 1.29 is 4.79 Å². The summed E-state index contributed by atoms with van der Waals surface area (Å²) in [6.07, 6.45) is 13.1. The average Bonchev–Trinajstić information content (AvgIpc) is 2.77. The molecule has 3 aliphatic rings. The van der Waals surface area contributed by atoms with E-state index in [1.807, 2.05) is 12.1 Å². The lowest BCUT2D eigenvalue weighted by molar-refractivity contribution is -0.126. The van der Waals surface area contributed by atoms with E-state index in [1.165, 1.54) is 25.7 Å². The molecule has 0 radical (unpaired) electrons. The number of thiocarbonyl (C=S) groups is 1. The van der Waals surface area contributed by atoms with Crippen LogP contribution in [0.2, 0.25) is 0 Å². The lowest BCUT2D eigenvalue weighted by Crippen LogP contribution is -2.65. The quantitative estimate of drug-likeness (QED) is 0.535. The van der Waals surface area contributed by atoms with Gasteiger partial charge in [0.1, 0.15) is 0 Å². The number of hydrogen-bond acceptors (Lipinski definition) is 4. The molecule has 3 fully saturated rings. The first-order chi connectivity index (χ1) is 14.2. The van der Waals surface area contributed by atoms with E-state index in [0.29, 0.717) is 24.4 Å². The standard InChI is InChI=1S/C22H33N5OS/c28-21(25-14-16-4-3-11-23-12-16)17-9-7-15(8-10-17)13-24-20-18-5-1-2-6-19(18)26-22(29)27-20/h3-4,11-12,15,17-20,24H,1-2,5-10,13-14H2,(H,25,28)(H2,26,27,29). The molecular formula is C22H33N5OS. The molecule has 1 aromatic heterocycles. The Balaban J connectivity index is 1.19. The second-order valence-electron chi connectivity index (χ2n) is 8.86. The SMILES string of the molecule is O=C(NCc1cccnc1)C1CCC(CNC2NC(=S)NC3CCCCC32)CC1. The van der Waals surface area contributed by atoms with E-state index >= 15 is 0 Å². The third kappa shape index (κ3) is 5.45. The monoisotopic (exact) mass is 415 g/mol. The highest BCUT2D eigenvalue weighted by molar-refractivity contribution is 7.80. The van der Waals surface area contributed by atoms with Crippen molar-refractivity contribution in [2.24, 2.45) is 17.8 Å². The largest absolute Gasteiger partial charge is 0.360 e. The van der Waals surface area contributed by atoms with Gasteiger partial charge in [-0.05, 0) is 74.8 Å². The number of carbonyl (C=O) groups is 1. The summed E-state index contributed by atoms with van der Waals surface area (Å²) in [7, 11) is 0. The molecule has 4 N–H and O–H groups in total. The Morgan fingerprint density at radius 2 is 1.97 bits per heavy atom. The minimum atomic E-state index is 0.148. The van der Waals surface area contributed by atoms with Gasteiger partial charge in [-0.2, -0.15) is 0 Å². The predicted octanol–water partition coefficient (Wildman–Crippen LogP) is 2.46. The Labute approximate surface area is 179 Å². The molecular weight excluding hydrogens is 382 g/mol. The normalized spacial score (nSPS) is 31.9. The number of hydrogen-bond donors (Lipinski definition) is 4. The molecule has 1 aliphatic heterocycles. The van der Waals surface area contributed by atoms with Crippen molar-refractivity contribution in [2.45, 2.75) is 70.1 Å². The number of nitrogens with one attached hydrogen (secondary N) is 4. The zero-order valence-corrected chi connectivity index (χ0v) is 17.8. The van der Waals surface area contributed by atoms with E-state index in [9.17, 15) is 4.79 Å². The van der Waals surface area contributed by atoms with Gasteiger partial charge in [-0.15, -0.1) is 0 Å². The Morgan fingerprint density at radius 3 is 2.76 bits per heavy atom. The van der Waals surface area contributed by atoms with E-state index in [0.717, 1.165) is 42.9 Å². The van der Waals surface area contributed by atoms with E-state index in [-0.39, 0.29) is 18.0 Å². The zero-order chi connectivity index (χ0) is 20.1. The number of fused-ring (bicyclic) bond motifs is 1. The van der Waals surface area contributed by atoms with Crippen LogP contribution in [0, 0.1) is 17.8 Å². The predicted molar refractivity (Wildman–Crippen MR) is 118 cm³/mol. The zero-order valence-electron chi connectivity index (χ0n) is 17.0. The summed E-state index contributed by atoms with van der Waals surface area (Å²) >= 11 is 5.42. The molecule has 29 heavy (non-hydrogen) atoms. The molecule has 3 unspecified atom stereocenters. The van der Waals surface area contributed by atoms with E-state index in [4.69, 9.17) is 12.2 Å². The summed E-state index contributed by atoms with van der Waals surface area (Å²) in [5.41, 5.74) is 1.05. The van der Waals surface area contributed by atoms with Gasteiger partial charge >= 0.3 is 0 Å². The molecule has 7 heteroatoms. The smallest absolute Gasteiger partial charge is 0.223 e. The molecule has 6 nitrogen and oxygen atoms in total. The van der Waals surface area contributed by atoms with Gasteiger partial charge in [0.25, 0.3) is 0 Å². The first kappa shape index (κ1) is 20.5. The van der Waals surface area contributed by atoms with Gasteiger partial charge in [-0.1, -0.05) is 18.9 Å². The van der Waals surface area contributed by atoms with E-state index < -0.39 is 0 Å². The second-order valence-corrected chi connectivity index (χ2v) is 9.26. The molecule has 3 atom stereocenters. The summed E-state index contributed by atoms with van der Waals surface area (Å²) in [4.78, 5) is 16.6. The molecule has 2 saturated carbocycles. The molecule has 0 spiro atoms. The fourth-order valence-electron chi connectivity index (χ4n) is 5.16. The highest BCUT2D eigenvalue weighted by atomic mass is 32.1. The molecule has 158 valence electrons. The summed E-state index contributed by atoms with van der Waals surface area (Å²) in [5, 5.41) is 14.5. The van der Waals surface area contributed by atoms with Gasteiger partial charge < -0.3 is 16.0 Å². The highest BCUT2D eigenvalue weighted by Crippen LogP contribution is 2.31.